The van der Waals surface area contributed by atoms with E-state index in [1.165, 1.54) is 0 Å². The summed E-state index contributed by atoms with van der Waals surface area (Å²) >= 11 is 1.73. The fourth-order valence-electron chi connectivity index (χ4n) is 1.70. The van der Waals surface area contributed by atoms with Crippen molar-refractivity contribution in [3.8, 4) is 0 Å². The summed E-state index contributed by atoms with van der Waals surface area (Å²) in [5, 5.41) is 0. The lowest BCUT2D eigenvalue weighted by atomic mass is 10.3. The molecule has 3 unspecified atom stereocenters. The van der Waals surface area contributed by atoms with E-state index in [1.54, 1.807) is 24.3 Å². The average Bonchev–Trinajstić information content (AvgIpc) is 2.65. The van der Waals surface area contributed by atoms with Crippen LogP contribution in [-0.4, -0.2) is 16.5 Å². The molecule has 2 nitrogen and oxygen atoms in total. The van der Waals surface area contributed by atoms with Crippen LogP contribution >= 0.6 is 15.9 Å². The van der Waals surface area contributed by atoms with Gasteiger partial charge in [-0.2, -0.15) is 0 Å². The van der Waals surface area contributed by atoms with E-state index in [0.717, 1.165) is 10.9 Å². The van der Waals surface area contributed by atoms with Crippen molar-refractivity contribution in [1.29, 1.82) is 0 Å². The summed E-state index contributed by atoms with van der Waals surface area (Å²) in [6.45, 7) is 0. The quantitative estimate of drug-likeness (QED) is 0.856. The van der Waals surface area contributed by atoms with E-state index in [9.17, 15) is 8.60 Å². The molecule has 0 heterocycles. The molecular formula is C11H12BrFO2S. The first kappa shape index (κ1) is 12.2. The van der Waals surface area contributed by atoms with Crippen molar-refractivity contribution < 1.29 is 12.8 Å². The Morgan fingerprint density at radius 3 is 2.56 bits per heavy atom. The molecule has 0 spiro atoms. The molecule has 0 N–H and O–H groups in total. The van der Waals surface area contributed by atoms with Gasteiger partial charge in [0.2, 0.25) is 0 Å². The fraction of sp³-hybridized carbons (Fsp3) is 0.455. The summed E-state index contributed by atoms with van der Waals surface area (Å²) in [5.41, 5.74) is 0. The lowest BCUT2D eigenvalue weighted by Crippen LogP contribution is -2.20. The fourth-order valence-corrected chi connectivity index (χ4v) is 2.88. The Hall–Kier alpha value is -0.260. The number of halogens is 2. The van der Waals surface area contributed by atoms with Gasteiger partial charge in [0, 0.05) is 4.47 Å². The standard InChI is InChI=1S/C11H12BrFO2S/c12-8-4-6-9(7-5-8)16(14)15-11-3-1-2-10(11)13/h4-7,10-11H,1-3H2. The van der Waals surface area contributed by atoms with Gasteiger partial charge in [-0.1, -0.05) is 15.9 Å². The zero-order valence-electron chi connectivity index (χ0n) is 8.57. The summed E-state index contributed by atoms with van der Waals surface area (Å²) in [5.74, 6) is 0. The third-order valence-corrected chi connectivity index (χ3v) is 4.20. The van der Waals surface area contributed by atoms with Crippen molar-refractivity contribution in [3.63, 3.8) is 0 Å². The molecule has 0 amide bonds. The molecule has 0 radical (unpaired) electrons. The van der Waals surface area contributed by atoms with Crippen LogP contribution in [0.4, 0.5) is 4.39 Å². The van der Waals surface area contributed by atoms with Crippen molar-refractivity contribution in [2.24, 2.45) is 0 Å². The molecular weight excluding hydrogens is 295 g/mol. The van der Waals surface area contributed by atoms with Crippen LogP contribution in [-0.2, 0) is 15.3 Å². The highest BCUT2D eigenvalue weighted by Gasteiger charge is 2.29. The van der Waals surface area contributed by atoms with E-state index >= 15 is 0 Å². The van der Waals surface area contributed by atoms with Crippen molar-refractivity contribution in [3.05, 3.63) is 28.7 Å². The van der Waals surface area contributed by atoms with Crippen LogP contribution in [0.2, 0.25) is 0 Å². The van der Waals surface area contributed by atoms with Crippen LogP contribution in [0.5, 0.6) is 0 Å². The molecule has 0 saturated heterocycles. The topological polar surface area (TPSA) is 26.3 Å². The molecule has 1 aliphatic carbocycles. The van der Waals surface area contributed by atoms with Gasteiger partial charge in [-0.3, -0.25) is 4.18 Å². The summed E-state index contributed by atoms with van der Waals surface area (Å²) in [4.78, 5) is 0.572. The molecule has 1 aliphatic rings. The smallest absolute Gasteiger partial charge is 0.189 e. The molecule has 1 aromatic carbocycles. The van der Waals surface area contributed by atoms with Gasteiger partial charge in [-0.05, 0) is 43.5 Å². The summed E-state index contributed by atoms with van der Waals surface area (Å²) in [7, 11) is 0. The van der Waals surface area contributed by atoms with Gasteiger partial charge in [-0.25, -0.2) is 8.60 Å². The van der Waals surface area contributed by atoms with Crippen LogP contribution < -0.4 is 0 Å². The number of benzene rings is 1. The van der Waals surface area contributed by atoms with E-state index in [1.807, 2.05) is 0 Å². The van der Waals surface area contributed by atoms with Crippen molar-refractivity contribution in [2.45, 2.75) is 36.4 Å². The van der Waals surface area contributed by atoms with Gasteiger partial charge >= 0.3 is 0 Å². The molecule has 1 aromatic rings. The second kappa shape index (κ2) is 5.38. The summed E-state index contributed by atoms with van der Waals surface area (Å²) in [6, 6.07) is 7.00. The largest absolute Gasteiger partial charge is 0.280 e. The Kier molecular flexibility index (Phi) is 4.10. The Morgan fingerprint density at radius 2 is 2.00 bits per heavy atom. The minimum Gasteiger partial charge on any atom is -0.280 e. The van der Waals surface area contributed by atoms with Crippen LogP contribution in [0.1, 0.15) is 19.3 Å². The van der Waals surface area contributed by atoms with Crippen molar-refractivity contribution in [1.82, 2.24) is 0 Å². The molecule has 5 heteroatoms. The van der Waals surface area contributed by atoms with E-state index in [2.05, 4.69) is 15.9 Å². The van der Waals surface area contributed by atoms with Crippen LogP contribution in [0.3, 0.4) is 0 Å². The maximum Gasteiger partial charge on any atom is 0.189 e. The first-order valence-corrected chi connectivity index (χ1v) is 7.02. The summed E-state index contributed by atoms with van der Waals surface area (Å²) < 4.78 is 31.2. The zero-order chi connectivity index (χ0) is 11.5. The third-order valence-electron chi connectivity index (χ3n) is 2.59. The lowest BCUT2D eigenvalue weighted by Gasteiger charge is -2.12. The van der Waals surface area contributed by atoms with Crippen molar-refractivity contribution >= 4 is 27.0 Å². The molecule has 0 aromatic heterocycles. The van der Waals surface area contributed by atoms with Crippen LogP contribution in [0, 0.1) is 0 Å². The normalized spacial score (nSPS) is 26.9. The van der Waals surface area contributed by atoms with Gasteiger partial charge in [-0.15, -0.1) is 0 Å². The number of hydrogen-bond donors (Lipinski definition) is 0. The Labute approximate surface area is 105 Å². The predicted octanol–water partition coefficient (Wildman–Crippen LogP) is 3.38. The minimum atomic E-state index is -1.56. The minimum absolute atomic E-state index is 0.510. The highest BCUT2D eigenvalue weighted by atomic mass is 79.9. The zero-order valence-corrected chi connectivity index (χ0v) is 11.0. The Morgan fingerprint density at radius 1 is 1.31 bits per heavy atom. The predicted molar refractivity (Wildman–Crippen MR) is 64.2 cm³/mol. The SMILES string of the molecule is O=S(OC1CCCC1F)c1ccc(Br)cc1. The second-order valence-corrected chi connectivity index (χ2v) is 5.82. The van der Waals surface area contributed by atoms with Gasteiger partial charge in [0.1, 0.15) is 12.3 Å². The van der Waals surface area contributed by atoms with Crippen LogP contribution in [0.25, 0.3) is 0 Å². The van der Waals surface area contributed by atoms with Crippen LogP contribution in [0.15, 0.2) is 33.6 Å². The van der Waals surface area contributed by atoms with Gasteiger partial charge < -0.3 is 0 Å². The average molecular weight is 307 g/mol. The maximum absolute atomic E-state index is 13.3. The first-order chi connectivity index (χ1) is 7.66. The Bertz CT molecular complexity index is 382. The molecule has 3 atom stereocenters. The summed E-state index contributed by atoms with van der Waals surface area (Å²) in [6.07, 6.45) is 0.499. The number of rotatable bonds is 3. The molecule has 16 heavy (non-hydrogen) atoms. The monoisotopic (exact) mass is 306 g/mol. The number of alkyl halides is 1. The maximum atomic E-state index is 13.3. The van der Waals surface area contributed by atoms with Crippen molar-refractivity contribution in [2.75, 3.05) is 0 Å². The Balaban J connectivity index is 2.00. The molecule has 0 aliphatic heterocycles. The first-order valence-electron chi connectivity index (χ1n) is 5.15. The molecule has 88 valence electrons. The van der Waals surface area contributed by atoms with E-state index in [-0.39, 0.29) is 0 Å². The number of hydrogen-bond acceptors (Lipinski definition) is 2. The third kappa shape index (κ3) is 2.90. The van der Waals surface area contributed by atoms with E-state index in [4.69, 9.17) is 4.18 Å². The highest BCUT2D eigenvalue weighted by Crippen LogP contribution is 2.27. The molecule has 0 bridgehead atoms. The molecule has 1 saturated carbocycles. The van der Waals surface area contributed by atoms with Gasteiger partial charge in [0.15, 0.2) is 11.1 Å². The second-order valence-electron chi connectivity index (χ2n) is 3.77. The van der Waals surface area contributed by atoms with E-state index < -0.39 is 23.4 Å². The van der Waals surface area contributed by atoms with E-state index in [0.29, 0.717) is 17.7 Å². The highest BCUT2D eigenvalue weighted by molar-refractivity contribution is 9.10. The molecule has 1 fully saturated rings. The lowest BCUT2D eigenvalue weighted by molar-refractivity contribution is 0.140. The van der Waals surface area contributed by atoms with Gasteiger partial charge in [0.25, 0.3) is 0 Å². The van der Waals surface area contributed by atoms with Gasteiger partial charge in [0.05, 0.1) is 4.90 Å². The molecule has 2 rings (SSSR count).